The largest absolute Gasteiger partial charge is 0.355 e. The van der Waals surface area contributed by atoms with Gasteiger partial charge in [0.25, 0.3) is 0 Å². The monoisotopic (exact) mass is 363 g/mol. The Morgan fingerprint density at radius 2 is 1.96 bits per heavy atom. The summed E-state index contributed by atoms with van der Waals surface area (Å²) in [6.07, 6.45) is 7.05. The lowest BCUT2D eigenvalue weighted by Gasteiger charge is -2.40. The van der Waals surface area contributed by atoms with Crippen LogP contribution in [0.25, 0.3) is 5.69 Å². The molecule has 1 N–H and O–H groups in total. The van der Waals surface area contributed by atoms with Crippen molar-refractivity contribution in [3.63, 3.8) is 0 Å². The maximum absolute atomic E-state index is 13.6. The number of amides is 1. The van der Waals surface area contributed by atoms with E-state index >= 15 is 0 Å². The molecule has 0 atom stereocenters. The smallest absolute Gasteiger partial charge is 0.230 e. The molecular formula is C22H22FN3O. The van der Waals surface area contributed by atoms with Crippen LogP contribution in [0.3, 0.4) is 0 Å². The Morgan fingerprint density at radius 1 is 1.15 bits per heavy atom. The summed E-state index contributed by atoms with van der Waals surface area (Å²) >= 11 is 0. The van der Waals surface area contributed by atoms with E-state index in [1.807, 2.05) is 53.5 Å². The minimum atomic E-state index is -0.573. The van der Waals surface area contributed by atoms with E-state index in [2.05, 4.69) is 10.4 Å². The van der Waals surface area contributed by atoms with Gasteiger partial charge in [-0.1, -0.05) is 36.8 Å². The predicted molar refractivity (Wildman–Crippen MR) is 102 cm³/mol. The minimum Gasteiger partial charge on any atom is -0.355 e. The number of halogens is 1. The van der Waals surface area contributed by atoms with Crippen LogP contribution < -0.4 is 5.32 Å². The van der Waals surface area contributed by atoms with Gasteiger partial charge in [-0.05, 0) is 54.7 Å². The molecule has 1 fully saturated rings. The maximum Gasteiger partial charge on any atom is 0.230 e. The van der Waals surface area contributed by atoms with Gasteiger partial charge in [-0.2, -0.15) is 5.10 Å². The first kappa shape index (κ1) is 17.5. The molecule has 4 rings (SSSR count). The number of hydrogen-bond acceptors (Lipinski definition) is 2. The molecule has 3 aromatic rings. The SMILES string of the molecule is O=C(NCCc1cnn(-c2ccccc2)c1)C1(c2cccc(F)c2)CCC1. The van der Waals surface area contributed by atoms with Crippen molar-refractivity contribution in [2.45, 2.75) is 31.1 Å². The number of hydrogen-bond donors (Lipinski definition) is 1. The van der Waals surface area contributed by atoms with Gasteiger partial charge in [0.2, 0.25) is 5.91 Å². The van der Waals surface area contributed by atoms with E-state index in [0.29, 0.717) is 13.0 Å². The first-order chi connectivity index (χ1) is 13.2. The molecule has 1 aliphatic rings. The normalized spacial score (nSPS) is 15.1. The third kappa shape index (κ3) is 3.50. The van der Waals surface area contributed by atoms with E-state index in [0.717, 1.165) is 36.1 Å². The van der Waals surface area contributed by atoms with Gasteiger partial charge in [0, 0.05) is 12.7 Å². The van der Waals surface area contributed by atoms with Gasteiger partial charge in [-0.25, -0.2) is 9.07 Å². The number of rotatable bonds is 6. The van der Waals surface area contributed by atoms with Crippen LogP contribution in [-0.2, 0) is 16.6 Å². The Morgan fingerprint density at radius 3 is 2.67 bits per heavy atom. The van der Waals surface area contributed by atoms with Crippen molar-refractivity contribution < 1.29 is 9.18 Å². The summed E-state index contributed by atoms with van der Waals surface area (Å²) in [4.78, 5) is 12.8. The van der Waals surface area contributed by atoms with Crippen LogP contribution in [0.5, 0.6) is 0 Å². The second-order valence-corrected chi connectivity index (χ2v) is 7.08. The highest BCUT2D eigenvalue weighted by molar-refractivity contribution is 5.89. The Bertz CT molecular complexity index is 931. The molecule has 1 aromatic heterocycles. The van der Waals surface area contributed by atoms with Crippen molar-refractivity contribution in [2.75, 3.05) is 6.54 Å². The van der Waals surface area contributed by atoms with Crippen molar-refractivity contribution >= 4 is 5.91 Å². The highest BCUT2D eigenvalue weighted by Crippen LogP contribution is 2.44. The van der Waals surface area contributed by atoms with E-state index < -0.39 is 5.41 Å². The summed E-state index contributed by atoms with van der Waals surface area (Å²) in [5, 5.41) is 7.42. The van der Waals surface area contributed by atoms with Crippen molar-refractivity contribution in [1.82, 2.24) is 15.1 Å². The lowest BCUT2D eigenvalue weighted by atomic mass is 9.64. The van der Waals surface area contributed by atoms with Crippen LogP contribution in [0, 0.1) is 5.82 Å². The molecule has 0 spiro atoms. The number of aromatic nitrogens is 2. The summed E-state index contributed by atoms with van der Waals surface area (Å²) in [7, 11) is 0. The van der Waals surface area contributed by atoms with Crippen LogP contribution in [0.15, 0.2) is 67.0 Å². The number of carbonyl (C=O) groups excluding carboxylic acids is 1. The summed E-state index contributed by atoms with van der Waals surface area (Å²) in [5.74, 6) is -0.297. The first-order valence-electron chi connectivity index (χ1n) is 9.31. The second kappa shape index (κ2) is 7.35. The number of nitrogens with zero attached hydrogens (tertiary/aromatic N) is 2. The molecule has 0 aliphatic heterocycles. The van der Waals surface area contributed by atoms with Crippen LogP contribution in [0.1, 0.15) is 30.4 Å². The molecule has 138 valence electrons. The molecule has 5 heteroatoms. The molecule has 4 nitrogen and oxygen atoms in total. The lowest BCUT2D eigenvalue weighted by molar-refractivity contribution is -0.129. The zero-order chi connectivity index (χ0) is 18.7. The third-order valence-electron chi connectivity index (χ3n) is 5.37. The lowest BCUT2D eigenvalue weighted by Crippen LogP contribution is -2.49. The zero-order valence-corrected chi connectivity index (χ0v) is 15.1. The molecule has 1 saturated carbocycles. The summed E-state index contributed by atoms with van der Waals surface area (Å²) in [6.45, 7) is 0.538. The van der Waals surface area contributed by atoms with Gasteiger partial charge in [0.05, 0.1) is 17.3 Å². The Labute approximate surface area is 158 Å². The topological polar surface area (TPSA) is 46.9 Å². The van der Waals surface area contributed by atoms with E-state index in [1.165, 1.54) is 12.1 Å². The van der Waals surface area contributed by atoms with Crippen molar-refractivity contribution in [3.05, 3.63) is 83.9 Å². The molecule has 0 radical (unpaired) electrons. The van der Waals surface area contributed by atoms with Gasteiger partial charge in [0.1, 0.15) is 5.82 Å². The number of carbonyl (C=O) groups is 1. The highest BCUT2D eigenvalue weighted by atomic mass is 19.1. The van der Waals surface area contributed by atoms with Crippen LogP contribution in [0.4, 0.5) is 4.39 Å². The fourth-order valence-corrected chi connectivity index (χ4v) is 3.66. The second-order valence-electron chi connectivity index (χ2n) is 7.08. The standard InChI is InChI=1S/C22H22FN3O/c23-19-7-4-6-18(14-19)22(11-5-12-22)21(27)24-13-10-17-15-25-26(16-17)20-8-2-1-3-9-20/h1-4,6-9,14-16H,5,10-13H2,(H,24,27). The average molecular weight is 363 g/mol. The molecule has 2 aromatic carbocycles. The molecular weight excluding hydrogens is 341 g/mol. The average Bonchev–Trinajstić information content (AvgIpc) is 3.11. The van der Waals surface area contributed by atoms with E-state index in [4.69, 9.17) is 0 Å². The molecule has 1 aliphatic carbocycles. The fraction of sp³-hybridized carbons (Fsp3) is 0.273. The van der Waals surface area contributed by atoms with Gasteiger partial charge < -0.3 is 5.32 Å². The van der Waals surface area contributed by atoms with Gasteiger partial charge >= 0.3 is 0 Å². The molecule has 27 heavy (non-hydrogen) atoms. The van der Waals surface area contributed by atoms with E-state index in [-0.39, 0.29) is 11.7 Å². The molecule has 1 amide bonds. The van der Waals surface area contributed by atoms with E-state index in [1.54, 1.807) is 6.07 Å². The van der Waals surface area contributed by atoms with Crippen LogP contribution in [-0.4, -0.2) is 22.2 Å². The highest BCUT2D eigenvalue weighted by Gasteiger charge is 2.45. The van der Waals surface area contributed by atoms with Crippen LogP contribution in [0.2, 0.25) is 0 Å². The molecule has 0 unspecified atom stereocenters. The van der Waals surface area contributed by atoms with Gasteiger partial charge in [-0.15, -0.1) is 0 Å². The van der Waals surface area contributed by atoms with Gasteiger partial charge in [-0.3, -0.25) is 4.79 Å². The summed E-state index contributed by atoms with van der Waals surface area (Å²) in [5.41, 5.74) is 2.28. The third-order valence-corrected chi connectivity index (χ3v) is 5.37. The molecule has 0 bridgehead atoms. The number of benzene rings is 2. The van der Waals surface area contributed by atoms with E-state index in [9.17, 15) is 9.18 Å². The zero-order valence-electron chi connectivity index (χ0n) is 15.1. The Kier molecular flexibility index (Phi) is 4.75. The molecule has 0 saturated heterocycles. The maximum atomic E-state index is 13.6. The predicted octanol–water partition coefficient (Wildman–Crippen LogP) is 3.79. The summed E-state index contributed by atoms with van der Waals surface area (Å²) in [6, 6.07) is 16.3. The van der Waals surface area contributed by atoms with Crippen molar-refractivity contribution in [2.24, 2.45) is 0 Å². The number of para-hydroxylation sites is 1. The quantitative estimate of drug-likeness (QED) is 0.724. The van der Waals surface area contributed by atoms with Crippen molar-refractivity contribution in [3.8, 4) is 5.69 Å². The minimum absolute atomic E-state index is 0.00481. The van der Waals surface area contributed by atoms with Crippen LogP contribution >= 0.6 is 0 Å². The Balaban J connectivity index is 1.38. The fourth-order valence-electron chi connectivity index (χ4n) is 3.66. The van der Waals surface area contributed by atoms with Gasteiger partial charge in [0.15, 0.2) is 0 Å². The first-order valence-corrected chi connectivity index (χ1v) is 9.31. The Hall–Kier alpha value is -2.95. The number of nitrogens with one attached hydrogen (secondary N) is 1. The summed E-state index contributed by atoms with van der Waals surface area (Å²) < 4.78 is 15.4. The molecule has 1 heterocycles. The van der Waals surface area contributed by atoms with Crippen molar-refractivity contribution in [1.29, 1.82) is 0 Å².